The van der Waals surface area contributed by atoms with Crippen LogP contribution in [-0.2, 0) is 28.6 Å². The van der Waals surface area contributed by atoms with Gasteiger partial charge < -0.3 is 14.2 Å². The Kier molecular flexibility index (Phi) is 6.59. The number of carbonyl (C=O) groups is 4. The molecule has 1 saturated carbocycles. The van der Waals surface area contributed by atoms with Gasteiger partial charge in [-0.05, 0) is 41.5 Å². The largest absolute Gasteiger partial charge is 0.467 e. The summed E-state index contributed by atoms with van der Waals surface area (Å²) < 4.78 is 30.7. The van der Waals surface area contributed by atoms with Gasteiger partial charge in [0, 0.05) is 13.5 Å². The molecule has 0 aromatic rings. The third-order valence-corrected chi connectivity index (χ3v) is 3.99. The van der Waals surface area contributed by atoms with E-state index in [1.807, 2.05) is 0 Å². The first-order valence-corrected chi connectivity index (χ1v) is 8.82. The molecule has 1 fully saturated rings. The summed E-state index contributed by atoms with van der Waals surface area (Å²) in [4.78, 5) is 55.6. The van der Waals surface area contributed by atoms with E-state index >= 15 is 4.39 Å². The monoisotopic (exact) mass is 420 g/mol. The highest BCUT2D eigenvalue weighted by atomic mass is 19.1. The molecule has 3 amide bonds. The molecule has 2 atom stereocenters. The molecule has 1 aliphatic rings. The molecule has 10 nitrogen and oxygen atoms in total. The summed E-state index contributed by atoms with van der Waals surface area (Å²) in [6.45, 7) is 9.10. The van der Waals surface area contributed by atoms with Crippen LogP contribution in [0.1, 0.15) is 48.0 Å². The van der Waals surface area contributed by atoms with Crippen molar-refractivity contribution in [3.63, 3.8) is 0 Å². The number of imide groups is 1. The second-order valence-electron chi connectivity index (χ2n) is 8.61. The van der Waals surface area contributed by atoms with Crippen molar-refractivity contribution in [3.05, 3.63) is 0 Å². The van der Waals surface area contributed by atoms with Crippen LogP contribution in [0.5, 0.6) is 0 Å². The summed E-state index contributed by atoms with van der Waals surface area (Å²) in [6.07, 6.45) is -3.55. The van der Waals surface area contributed by atoms with E-state index in [1.54, 1.807) is 0 Å². The van der Waals surface area contributed by atoms with Gasteiger partial charge in [0.05, 0.1) is 14.2 Å². The highest BCUT2D eigenvalue weighted by molar-refractivity contribution is 6.08. The Morgan fingerprint density at radius 3 is 1.62 bits per heavy atom. The number of hydrogen-bond acceptors (Lipinski definition) is 8. The number of rotatable bonds is 4. The van der Waals surface area contributed by atoms with Crippen LogP contribution in [-0.4, -0.2) is 77.7 Å². The Morgan fingerprint density at radius 2 is 1.31 bits per heavy atom. The molecule has 0 bridgehead atoms. The van der Waals surface area contributed by atoms with E-state index in [2.05, 4.69) is 9.57 Å². The number of carbonyl (C=O) groups excluding carboxylic acids is 4. The number of hydroxylamine groups is 2. The Bertz CT molecular complexity index is 671. The second kappa shape index (κ2) is 7.77. The topological polar surface area (TPSA) is 112 Å². The minimum Gasteiger partial charge on any atom is -0.467 e. The number of alkyl halides is 1. The Balaban J connectivity index is 3.55. The predicted octanol–water partition coefficient (Wildman–Crippen LogP) is 2.20. The number of hydrogen-bond donors (Lipinski definition) is 0. The summed E-state index contributed by atoms with van der Waals surface area (Å²) in [5, 5.41) is 0.549. The Hall–Kier alpha value is -2.43. The zero-order valence-electron chi connectivity index (χ0n) is 18.2. The van der Waals surface area contributed by atoms with Gasteiger partial charge >= 0.3 is 18.2 Å². The molecule has 0 aliphatic heterocycles. The normalized spacial score (nSPS) is 23.7. The molecule has 1 rings (SSSR count). The average molecular weight is 420 g/mol. The van der Waals surface area contributed by atoms with E-state index in [0.717, 1.165) is 21.3 Å². The molecule has 0 unspecified atom stereocenters. The molecule has 0 aromatic carbocycles. The van der Waals surface area contributed by atoms with Crippen molar-refractivity contribution >= 4 is 24.1 Å². The quantitative estimate of drug-likeness (QED) is 0.387. The minimum atomic E-state index is -2.99. The molecule has 0 aromatic heterocycles. The van der Waals surface area contributed by atoms with Crippen molar-refractivity contribution in [1.82, 2.24) is 9.96 Å². The van der Waals surface area contributed by atoms with E-state index in [9.17, 15) is 19.2 Å². The van der Waals surface area contributed by atoms with Crippen LogP contribution in [0, 0.1) is 0 Å². The van der Waals surface area contributed by atoms with Crippen LogP contribution < -0.4 is 0 Å². The van der Waals surface area contributed by atoms with Crippen molar-refractivity contribution in [1.29, 1.82) is 0 Å². The number of halogens is 1. The Morgan fingerprint density at radius 1 is 0.897 bits per heavy atom. The van der Waals surface area contributed by atoms with Crippen LogP contribution in [0.25, 0.3) is 0 Å². The number of methoxy groups -OCH3 is 1. The van der Waals surface area contributed by atoms with Gasteiger partial charge in [0.25, 0.3) is 5.91 Å². The molecule has 29 heavy (non-hydrogen) atoms. The summed E-state index contributed by atoms with van der Waals surface area (Å²) in [5.74, 6) is -2.59. The third kappa shape index (κ3) is 4.77. The van der Waals surface area contributed by atoms with Crippen LogP contribution in [0.4, 0.5) is 14.0 Å². The van der Waals surface area contributed by atoms with E-state index in [1.165, 1.54) is 41.5 Å². The lowest BCUT2D eigenvalue weighted by Crippen LogP contribution is -2.59. The van der Waals surface area contributed by atoms with Gasteiger partial charge in [0.15, 0.2) is 0 Å². The first-order chi connectivity index (χ1) is 13.0. The number of ether oxygens (including phenoxy) is 3. The summed E-state index contributed by atoms with van der Waals surface area (Å²) >= 11 is 0. The van der Waals surface area contributed by atoms with Gasteiger partial charge in [-0.2, -0.15) is 4.90 Å². The van der Waals surface area contributed by atoms with Crippen molar-refractivity contribution in [2.45, 2.75) is 70.4 Å². The van der Waals surface area contributed by atoms with Crippen LogP contribution in [0.3, 0.4) is 0 Å². The zero-order valence-corrected chi connectivity index (χ0v) is 18.2. The third-order valence-electron chi connectivity index (χ3n) is 3.99. The summed E-state index contributed by atoms with van der Waals surface area (Å²) in [6, 6.07) is 0. The van der Waals surface area contributed by atoms with E-state index < -0.39 is 52.9 Å². The molecule has 0 N–H and O–H groups in total. The Labute approximate surface area is 169 Å². The molecule has 0 spiro atoms. The van der Waals surface area contributed by atoms with Crippen molar-refractivity contribution in [2.75, 3.05) is 21.3 Å². The molecule has 0 radical (unpaired) electrons. The van der Waals surface area contributed by atoms with Gasteiger partial charge in [-0.1, -0.05) is 0 Å². The average Bonchev–Trinajstić information content (AvgIpc) is 3.16. The molecular formula is C18H29FN2O8. The maximum atomic E-state index is 15.7. The highest BCUT2D eigenvalue weighted by Gasteiger charge is 2.85. The second-order valence-corrected chi connectivity index (χ2v) is 8.61. The van der Waals surface area contributed by atoms with Crippen molar-refractivity contribution in [2.24, 2.45) is 0 Å². The van der Waals surface area contributed by atoms with Crippen LogP contribution >= 0.6 is 0 Å². The number of esters is 1. The molecule has 166 valence electrons. The lowest BCUT2D eigenvalue weighted by molar-refractivity contribution is -0.180. The summed E-state index contributed by atoms with van der Waals surface area (Å²) in [5.41, 5.74) is -7.76. The standard InChI is InChI=1S/C18H29FN2O8/c1-15(2,3)28-13(24)21(14(25)29-16(4,5)6)18(12(23)26-8)10-17(18,19)11(22)20(7)27-9/h10H2,1-9H3/t17-,18-/m1/s1. The lowest BCUT2D eigenvalue weighted by atomic mass is 10.1. The van der Waals surface area contributed by atoms with E-state index in [-0.39, 0.29) is 4.90 Å². The minimum absolute atomic E-state index is 0.177. The van der Waals surface area contributed by atoms with Gasteiger partial charge in [-0.25, -0.2) is 23.8 Å². The van der Waals surface area contributed by atoms with Crippen LogP contribution in [0.15, 0.2) is 0 Å². The van der Waals surface area contributed by atoms with Gasteiger partial charge in [0.2, 0.25) is 11.2 Å². The van der Waals surface area contributed by atoms with Gasteiger partial charge in [0.1, 0.15) is 11.2 Å². The fourth-order valence-electron chi connectivity index (χ4n) is 2.65. The maximum Gasteiger partial charge on any atom is 0.421 e. The molecule has 11 heteroatoms. The first-order valence-electron chi connectivity index (χ1n) is 8.82. The molecule has 1 aliphatic carbocycles. The zero-order chi connectivity index (χ0) is 23.0. The smallest absolute Gasteiger partial charge is 0.421 e. The summed E-state index contributed by atoms with van der Waals surface area (Å²) in [7, 11) is 3.17. The van der Waals surface area contributed by atoms with Gasteiger partial charge in [-0.3, -0.25) is 9.63 Å². The number of nitrogens with zero attached hydrogens (tertiary/aromatic N) is 2. The molecule has 0 heterocycles. The van der Waals surface area contributed by atoms with Crippen molar-refractivity contribution in [3.8, 4) is 0 Å². The van der Waals surface area contributed by atoms with Crippen molar-refractivity contribution < 1.29 is 42.6 Å². The fourth-order valence-corrected chi connectivity index (χ4v) is 2.65. The fraction of sp³-hybridized carbons (Fsp3) is 0.778. The van der Waals surface area contributed by atoms with E-state index in [4.69, 9.17) is 9.47 Å². The number of amides is 3. The van der Waals surface area contributed by atoms with E-state index in [0.29, 0.717) is 5.06 Å². The lowest BCUT2D eigenvalue weighted by Gasteiger charge is -2.33. The van der Waals surface area contributed by atoms with Crippen LogP contribution in [0.2, 0.25) is 0 Å². The molecular weight excluding hydrogens is 391 g/mol. The SMILES string of the molecule is COC(=O)[C@]1(N(C(=O)OC(C)(C)C)C(=O)OC(C)(C)C)C[C@@]1(F)C(=O)N(C)OC. The maximum absolute atomic E-state index is 15.7. The predicted molar refractivity (Wildman–Crippen MR) is 97.3 cm³/mol. The highest BCUT2D eigenvalue weighted by Crippen LogP contribution is 2.58. The van der Waals surface area contributed by atoms with Gasteiger partial charge in [-0.15, -0.1) is 0 Å². The molecule has 0 saturated heterocycles. The first kappa shape index (κ1) is 24.6.